The van der Waals surface area contributed by atoms with E-state index in [0.717, 1.165) is 24.3 Å². The van der Waals surface area contributed by atoms with E-state index >= 15 is 0 Å². The Balaban J connectivity index is 2.30. The molecule has 0 spiro atoms. The second-order valence-corrected chi connectivity index (χ2v) is 4.04. The molecule has 2 aromatic carbocycles. The van der Waals surface area contributed by atoms with E-state index in [2.05, 4.69) is 0 Å². The van der Waals surface area contributed by atoms with Gasteiger partial charge in [0, 0.05) is 17.2 Å². The van der Waals surface area contributed by atoms with Crippen LogP contribution in [0, 0.1) is 11.6 Å². The van der Waals surface area contributed by atoms with Crippen LogP contribution in [0.1, 0.15) is 29.2 Å². The monoisotopic (exact) mass is 270 g/mol. The molecule has 1 nitrogen and oxygen atoms in total. The summed E-state index contributed by atoms with van der Waals surface area (Å²) in [5, 5.41) is 9.94. The molecule has 0 aliphatic carbocycles. The van der Waals surface area contributed by atoms with Crippen LogP contribution >= 0.6 is 0 Å². The van der Waals surface area contributed by atoms with Gasteiger partial charge in [-0.05, 0) is 11.6 Å². The van der Waals surface area contributed by atoms with Crippen LogP contribution in [0.25, 0.3) is 0 Å². The smallest absolute Gasteiger partial charge is 0.263 e. The van der Waals surface area contributed by atoms with E-state index in [-0.39, 0.29) is 16.7 Å². The van der Waals surface area contributed by atoms with Crippen LogP contribution in [0.2, 0.25) is 0 Å². The van der Waals surface area contributed by atoms with Crippen molar-refractivity contribution in [1.29, 1.82) is 0 Å². The van der Waals surface area contributed by atoms with Crippen molar-refractivity contribution in [2.75, 3.05) is 0 Å². The molecule has 1 unspecified atom stereocenters. The van der Waals surface area contributed by atoms with E-state index in [4.69, 9.17) is 0 Å². The molecule has 0 aromatic heterocycles. The van der Waals surface area contributed by atoms with Crippen LogP contribution < -0.4 is 0 Å². The third-order valence-electron chi connectivity index (χ3n) is 2.76. The molecule has 0 fully saturated rings. The van der Waals surface area contributed by atoms with Crippen molar-refractivity contribution in [3.8, 4) is 0 Å². The van der Waals surface area contributed by atoms with Gasteiger partial charge in [0.05, 0.1) is 0 Å². The van der Waals surface area contributed by atoms with Crippen molar-refractivity contribution in [2.45, 2.75) is 12.5 Å². The normalized spacial score (nSPS) is 12.7. The summed E-state index contributed by atoms with van der Waals surface area (Å²) >= 11 is 0. The molecular formula is C14H10F4O. The molecule has 1 N–H and O–H groups in total. The number of hydrogen-bond acceptors (Lipinski definition) is 1. The fourth-order valence-electron chi connectivity index (χ4n) is 1.73. The standard InChI is InChI=1S/C14H10F4O/c15-10-5-6-11(12(16)7-10)13(19)8-1-3-9(4-2-8)14(17)18/h1-7,13-14,19H. The predicted octanol–water partition coefficient (Wildman–Crippen LogP) is 3.98. The number of aliphatic hydroxyl groups excluding tert-OH is 1. The van der Waals surface area contributed by atoms with E-state index in [0.29, 0.717) is 6.07 Å². The van der Waals surface area contributed by atoms with Gasteiger partial charge < -0.3 is 5.11 Å². The third kappa shape index (κ3) is 2.93. The molecule has 5 heteroatoms. The lowest BCUT2D eigenvalue weighted by Crippen LogP contribution is -2.03. The molecule has 2 aromatic rings. The molecule has 0 heterocycles. The Morgan fingerprint density at radius 1 is 0.842 bits per heavy atom. The van der Waals surface area contributed by atoms with Gasteiger partial charge in [0.25, 0.3) is 6.43 Å². The van der Waals surface area contributed by atoms with Crippen molar-refractivity contribution in [3.63, 3.8) is 0 Å². The third-order valence-corrected chi connectivity index (χ3v) is 2.76. The Labute approximate surface area is 107 Å². The Hall–Kier alpha value is -1.88. The molecule has 100 valence electrons. The van der Waals surface area contributed by atoms with Crippen LogP contribution in [0.15, 0.2) is 42.5 Å². The fraction of sp³-hybridized carbons (Fsp3) is 0.143. The maximum atomic E-state index is 13.5. The summed E-state index contributed by atoms with van der Waals surface area (Å²) in [7, 11) is 0. The second kappa shape index (κ2) is 5.40. The maximum absolute atomic E-state index is 13.5. The zero-order chi connectivity index (χ0) is 14.0. The highest BCUT2D eigenvalue weighted by molar-refractivity contribution is 5.33. The van der Waals surface area contributed by atoms with Gasteiger partial charge >= 0.3 is 0 Å². The Kier molecular flexibility index (Phi) is 3.85. The zero-order valence-corrected chi connectivity index (χ0v) is 9.66. The quantitative estimate of drug-likeness (QED) is 0.836. The van der Waals surface area contributed by atoms with Crippen LogP contribution in [-0.4, -0.2) is 5.11 Å². The van der Waals surface area contributed by atoms with Crippen molar-refractivity contribution >= 4 is 0 Å². The first-order valence-corrected chi connectivity index (χ1v) is 5.50. The minimum atomic E-state index is -2.60. The van der Waals surface area contributed by atoms with Gasteiger partial charge in [-0.1, -0.05) is 30.3 Å². The van der Waals surface area contributed by atoms with Gasteiger partial charge in [-0.2, -0.15) is 0 Å². The second-order valence-electron chi connectivity index (χ2n) is 4.04. The SMILES string of the molecule is OC(c1ccc(C(F)F)cc1)c1ccc(F)cc1F. The average Bonchev–Trinajstić information content (AvgIpc) is 2.38. The molecule has 1 atom stereocenters. The number of hydrogen-bond donors (Lipinski definition) is 1. The van der Waals surface area contributed by atoms with Crippen LogP contribution in [0.5, 0.6) is 0 Å². The minimum Gasteiger partial charge on any atom is -0.384 e. The number of rotatable bonds is 3. The zero-order valence-electron chi connectivity index (χ0n) is 9.66. The lowest BCUT2D eigenvalue weighted by molar-refractivity contribution is 0.151. The molecular weight excluding hydrogens is 260 g/mol. The van der Waals surface area contributed by atoms with Crippen molar-refractivity contribution in [3.05, 3.63) is 70.8 Å². The molecule has 19 heavy (non-hydrogen) atoms. The predicted molar refractivity (Wildman–Crippen MR) is 61.8 cm³/mol. The van der Waals surface area contributed by atoms with Gasteiger partial charge in [-0.15, -0.1) is 0 Å². The van der Waals surface area contributed by atoms with Gasteiger partial charge in [0.1, 0.15) is 17.7 Å². The Morgan fingerprint density at radius 3 is 1.95 bits per heavy atom. The Morgan fingerprint density at radius 2 is 1.42 bits per heavy atom. The molecule has 2 rings (SSSR count). The maximum Gasteiger partial charge on any atom is 0.263 e. The molecule has 0 saturated heterocycles. The van der Waals surface area contributed by atoms with Crippen LogP contribution in [0.3, 0.4) is 0 Å². The first-order chi connectivity index (χ1) is 8.99. The van der Waals surface area contributed by atoms with Crippen LogP contribution in [0.4, 0.5) is 17.6 Å². The summed E-state index contributed by atoms with van der Waals surface area (Å²) in [6.07, 6.45) is -3.93. The highest BCUT2D eigenvalue weighted by Crippen LogP contribution is 2.27. The summed E-state index contributed by atoms with van der Waals surface area (Å²) < 4.78 is 51.0. The number of aliphatic hydroxyl groups is 1. The number of benzene rings is 2. The summed E-state index contributed by atoms with van der Waals surface area (Å²) in [5.41, 5.74) is -0.0309. The highest BCUT2D eigenvalue weighted by Gasteiger charge is 2.16. The van der Waals surface area contributed by atoms with Gasteiger partial charge in [-0.3, -0.25) is 0 Å². The summed E-state index contributed by atoms with van der Waals surface area (Å²) in [6, 6.07) is 7.69. The first kappa shape index (κ1) is 13.5. The van der Waals surface area contributed by atoms with E-state index in [1.54, 1.807) is 0 Å². The van der Waals surface area contributed by atoms with Crippen molar-refractivity contribution < 1.29 is 22.7 Å². The van der Waals surface area contributed by atoms with Gasteiger partial charge in [0.2, 0.25) is 0 Å². The number of alkyl halides is 2. The molecule has 0 amide bonds. The highest BCUT2D eigenvalue weighted by atomic mass is 19.3. The van der Waals surface area contributed by atoms with Gasteiger partial charge in [-0.25, -0.2) is 17.6 Å². The number of halogens is 4. The topological polar surface area (TPSA) is 20.2 Å². The largest absolute Gasteiger partial charge is 0.384 e. The summed E-state index contributed by atoms with van der Waals surface area (Å²) in [6.45, 7) is 0. The molecule has 0 radical (unpaired) electrons. The summed E-state index contributed by atoms with van der Waals surface area (Å²) in [5.74, 6) is -1.63. The summed E-state index contributed by atoms with van der Waals surface area (Å²) in [4.78, 5) is 0. The minimum absolute atomic E-state index is 0.105. The molecule has 0 saturated carbocycles. The molecule has 0 bridgehead atoms. The van der Waals surface area contributed by atoms with E-state index in [1.807, 2.05) is 0 Å². The lowest BCUT2D eigenvalue weighted by atomic mass is 10.00. The van der Waals surface area contributed by atoms with Crippen molar-refractivity contribution in [2.24, 2.45) is 0 Å². The first-order valence-electron chi connectivity index (χ1n) is 5.50. The fourth-order valence-corrected chi connectivity index (χ4v) is 1.73. The van der Waals surface area contributed by atoms with Crippen LogP contribution in [-0.2, 0) is 0 Å². The lowest BCUT2D eigenvalue weighted by Gasteiger charge is -2.13. The van der Waals surface area contributed by atoms with E-state index < -0.39 is 24.2 Å². The molecule has 0 aliphatic rings. The van der Waals surface area contributed by atoms with Crippen molar-refractivity contribution in [1.82, 2.24) is 0 Å². The average molecular weight is 270 g/mol. The van der Waals surface area contributed by atoms with E-state index in [1.165, 1.54) is 12.1 Å². The molecule has 0 aliphatic heterocycles. The van der Waals surface area contributed by atoms with E-state index in [9.17, 15) is 22.7 Å². The van der Waals surface area contributed by atoms with Gasteiger partial charge in [0.15, 0.2) is 0 Å². The Bertz CT molecular complexity index is 566.